The van der Waals surface area contributed by atoms with Gasteiger partial charge in [-0.2, -0.15) is 0 Å². The Morgan fingerprint density at radius 1 is 1.16 bits per heavy atom. The van der Waals surface area contributed by atoms with Gasteiger partial charge in [-0.3, -0.25) is 0 Å². The van der Waals surface area contributed by atoms with E-state index in [0.717, 1.165) is 51.9 Å². The summed E-state index contributed by atoms with van der Waals surface area (Å²) in [5.41, 5.74) is 11.8. The molecule has 1 aromatic carbocycles. The second kappa shape index (κ2) is 9.52. The maximum absolute atomic E-state index is 6.04. The Morgan fingerprint density at radius 2 is 2.00 bits per heavy atom. The van der Waals surface area contributed by atoms with Crippen LogP contribution in [-0.4, -0.2) is 42.7 Å². The van der Waals surface area contributed by atoms with E-state index in [2.05, 4.69) is 70.4 Å². The maximum atomic E-state index is 6.04. The first-order chi connectivity index (χ1) is 15.6. The molecule has 0 saturated heterocycles. The third-order valence-corrected chi connectivity index (χ3v) is 7.74. The van der Waals surface area contributed by atoms with Crippen LogP contribution in [0, 0.1) is 5.41 Å². The van der Waals surface area contributed by atoms with Gasteiger partial charge in [-0.15, -0.1) is 0 Å². The third-order valence-electron chi connectivity index (χ3n) is 7.74. The fourth-order valence-electron chi connectivity index (χ4n) is 5.51. The molecular formula is C27H39N5. The van der Waals surface area contributed by atoms with Crippen molar-refractivity contribution in [3.05, 3.63) is 59.3 Å². The Labute approximate surface area is 192 Å². The molecule has 3 aliphatic rings. The number of aromatic amines is 1. The highest BCUT2D eigenvalue weighted by molar-refractivity contribution is 5.84. The van der Waals surface area contributed by atoms with Crippen LogP contribution < -0.4 is 21.7 Å². The number of nitrogens with two attached hydrogens (primary N) is 1. The fourth-order valence-corrected chi connectivity index (χ4v) is 5.51. The summed E-state index contributed by atoms with van der Waals surface area (Å²) in [7, 11) is 0. The van der Waals surface area contributed by atoms with Crippen molar-refractivity contribution in [1.29, 1.82) is 0 Å². The average Bonchev–Trinajstić information content (AvgIpc) is 3.18. The van der Waals surface area contributed by atoms with Gasteiger partial charge in [0, 0.05) is 66.3 Å². The van der Waals surface area contributed by atoms with Gasteiger partial charge in [0.15, 0.2) is 0 Å². The van der Waals surface area contributed by atoms with Gasteiger partial charge in [-0.05, 0) is 55.7 Å². The summed E-state index contributed by atoms with van der Waals surface area (Å²) in [5, 5.41) is 12.6. The quantitative estimate of drug-likeness (QED) is 0.463. The van der Waals surface area contributed by atoms with Crippen LogP contribution in [0.5, 0.6) is 0 Å². The summed E-state index contributed by atoms with van der Waals surface area (Å²) in [6.07, 6.45) is 14.1. The molecule has 2 heterocycles. The molecule has 2 aromatic rings. The number of fused-ring (bicyclic) bond motifs is 3. The Balaban J connectivity index is 1.06. The second-order valence-corrected chi connectivity index (χ2v) is 10.5. The van der Waals surface area contributed by atoms with Crippen LogP contribution in [-0.2, 0) is 13.0 Å². The van der Waals surface area contributed by atoms with E-state index in [1.165, 1.54) is 40.6 Å². The third kappa shape index (κ3) is 5.01. The van der Waals surface area contributed by atoms with E-state index in [0.29, 0.717) is 18.1 Å². The van der Waals surface area contributed by atoms with Crippen LogP contribution in [0.4, 0.5) is 0 Å². The zero-order valence-electron chi connectivity index (χ0n) is 19.4. The minimum atomic E-state index is 0.222. The van der Waals surface area contributed by atoms with Crippen molar-refractivity contribution >= 4 is 10.9 Å². The molecule has 1 fully saturated rings. The maximum Gasteiger partial charge on any atom is 0.0459 e. The number of hydrogen-bond donors (Lipinski definition) is 5. The highest BCUT2D eigenvalue weighted by Crippen LogP contribution is 2.30. The van der Waals surface area contributed by atoms with Gasteiger partial charge in [0.05, 0.1) is 0 Å². The molecule has 0 bridgehead atoms. The minimum absolute atomic E-state index is 0.222. The number of aromatic nitrogens is 1. The first kappa shape index (κ1) is 21.9. The zero-order chi connectivity index (χ0) is 22.0. The Kier molecular flexibility index (Phi) is 6.51. The van der Waals surface area contributed by atoms with E-state index >= 15 is 0 Å². The van der Waals surface area contributed by atoms with Gasteiger partial charge >= 0.3 is 0 Å². The van der Waals surface area contributed by atoms with Crippen LogP contribution >= 0.6 is 0 Å². The molecule has 1 aliphatic heterocycles. The molecule has 5 rings (SSSR count). The molecule has 0 spiro atoms. The molecule has 5 heteroatoms. The second-order valence-electron chi connectivity index (χ2n) is 10.5. The van der Waals surface area contributed by atoms with Crippen LogP contribution in [0.25, 0.3) is 10.9 Å². The topological polar surface area (TPSA) is 77.9 Å². The van der Waals surface area contributed by atoms with E-state index in [9.17, 15) is 0 Å². The van der Waals surface area contributed by atoms with E-state index in [1.807, 2.05) is 0 Å². The summed E-state index contributed by atoms with van der Waals surface area (Å²) in [5.74, 6) is 0. The summed E-state index contributed by atoms with van der Waals surface area (Å²) in [4.78, 5) is 3.57. The molecule has 2 unspecified atom stereocenters. The standard InChI is InChI=1S/C27H39N5/c1-27(18-31-21-8-6-20(28)7-9-21)12-10-19(11-13-27)15-29-16-22-14-24-23-4-2-3-5-25(23)32-26(24)17-30-22/h2-5,10-12,20-22,29-32H,6-9,13-18,28H2,1H3. The smallest absolute Gasteiger partial charge is 0.0459 e. The number of rotatable bonds is 7. The van der Waals surface area contributed by atoms with Gasteiger partial charge in [0.2, 0.25) is 0 Å². The SMILES string of the molecule is CC1(CNC2CCC(N)CC2)C=CC(CNCC2Cc3c([nH]c4ccccc34)CN2)=CC1. The zero-order valence-corrected chi connectivity index (χ0v) is 19.4. The summed E-state index contributed by atoms with van der Waals surface area (Å²) >= 11 is 0. The van der Waals surface area contributed by atoms with Crippen LogP contribution in [0.2, 0.25) is 0 Å². The number of H-pyrrole nitrogens is 1. The first-order valence-corrected chi connectivity index (χ1v) is 12.5. The van der Waals surface area contributed by atoms with Crippen molar-refractivity contribution in [3.8, 4) is 0 Å². The normalized spacial score (nSPS) is 30.3. The predicted octanol–water partition coefficient (Wildman–Crippen LogP) is 3.52. The molecule has 2 aliphatic carbocycles. The van der Waals surface area contributed by atoms with E-state index in [4.69, 9.17) is 5.73 Å². The molecule has 6 N–H and O–H groups in total. The highest BCUT2D eigenvalue weighted by Gasteiger charge is 2.26. The van der Waals surface area contributed by atoms with Crippen molar-refractivity contribution in [1.82, 2.24) is 20.9 Å². The van der Waals surface area contributed by atoms with Crippen molar-refractivity contribution in [2.75, 3.05) is 19.6 Å². The molecule has 0 radical (unpaired) electrons. The fraction of sp³-hybridized carbons (Fsp3) is 0.556. The average molecular weight is 434 g/mol. The summed E-state index contributed by atoms with van der Waals surface area (Å²) in [6.45, 7) is 6.29. The van der Waals surface area contributed by atoms with Crippen LogP contribution in [0.1, 0.15) is 50.3 Å². The van der Waals surface area contributed by atoms with Crippen molar-refractivity contribution < 1.29 is 0 Å². The molecule has 2 atom stereocenters. The molecule has 1 saturated carbocycles. The lowest BCUT2D eigenvalue weighted by Gasteiger charge is -2.33. The van der Waals surface area contributed by atoms with Crippen molar-refractivity contribution in [3.63, 3.8) is 0 Å². The van der Waals surface area contributed by atoms with Crippen LogP contribution in [0.3, 0.4) is 0 Å². The molecule has 0 amide bonds. The summed E-state index contributed by atoms with van der Waals surface area (Å²) in [6, 6.07) is 10.2. The largest absolute Gasteiger partial charge is 0.357 e. The molecule has 5 nitrogen and oxygen atoms in total. The Hall–Kier alpha value is -1.92. The monoisotopic (exact) mass is 433 g/mol. The summed E-state index contributed by atoms with van der Waals surface area (Å²) < 4.78 is 0. The highest BCUT2D eigenvalue weighted by atomic mass is 15.0. The molecular weight excluding hydrogens is 394 g/mol. The Bertz CT molecular complexity index is 981. The molecule has 172 valence electrons. The molecule has 1 aromatic heterocycles. The van der Waals surface area contributed by atoms with Crippen LogP contribution in [0.15, 0.2) is 48.1 Å². The lowest BCUT2D eigenvalue weighted by atomic mass is 9.81. The Morgan fingerprint density at radius 3 is 2.81 bits per heavy atom. The van der Waals surface area contributed by atoms with Crippen molar-refractivity contribution in [2.45, 2.75) is 70.1 Å². The van der Waals surface area contributed by atoms with Gasteiger partial charge in [0.1, 0.15) is 0 Å². The van der Waals surface area contributed by atoms with Gasteiger partial charge < -0.3 is 26.7 Å². The van der Waals surface area contributed by atoms with E-state index in [1.54, 1.807) is 0 Å². The number of nitrogens with one attached hydrogen (secondary N) is 4. The number of para-hydroxylation sites is 1. The van der Waals surface area contributed by atoms with E-state index in [-0.39, 0.29) is 5.41 Å². The number of benzene rings is 1. The van der Waals surface area contributed by atoms with Gasteiger partial charge in [-0.1, -0.05) is 43.4 Å². The minimum Gasteiger partial charge on any atom is -0.357 e. The predicted molar refractivity (Wildman–Crippen MR) is 134 cm³/mol. The first-order valence-electron chi connectivity index (χ1n) is 12.5. The van der Waals surface area contributed by atoms with Gasteiger partial charge in [-0.25, -0.2) is 0 Å². The number of allylic oxidation sites excluding steroid dienone is 1. The van der Waals surface area contributed by atoms with Crippen molar-refractivity contribution in [2.24, 2.45) is 11.1 Å². The van der Waals surface area contributed by atoms with E-state index < -0.39 is 0 Å². The lowest BCUT2D eigenvalue weighted by molar-refractivity contribution is 0.299. The van der Waals surface area contributed by atoms with Gasteiger partial charge in [0.25, 0.3) is 0 Å². The number of hydrogen-bond acceptors (Lipinski definition) is 4. The lowest BCUT2D eigenvalue weighted by Crippen LogP contribution is -2.43. The molecule has 32 heavy (non-hydrogen) atoms.